The Morgan fingerprint density at radius 1 is 0.905 bits per heavy atom. The molecule has 0 aromatic heterocycles. The average Bonchev–Trinajstić information content (AvgIpc) is 2.47. The second-order valence-electron chi connectivity index (χ2n) is 4.28. The molecule has 108 valence electrons. The molecule has 6 nitrogen and oxygen atoms in total. The number of rotatable bonds is 3. The molecule has 0 fully saturated rings. The van der Waals surface area contributed by atoms with Gasteiger partial charge in [0, 0.05) is 18.8 Å². The van der Waals surface area contributed by atoms with Crippen molar-refractivity contribution < 1.29 is 19.8 Å². The lowest BCUT2D eigenvalue weighted by molar-refractivity contribution is 0.0959. The lowest BCUT2D eigenvalue weighted by Gasteiger charge is -2.09. The average molecular weight is 286 g/mol. The molecule has 0 saturated heterocycles. The van der Waals surface area contributed by atoms with E-state index in [9.17, 15) is 19.8 Å². The maximum atomic E-state index is 12.0. The van der Waals surface area contributed by atoms with E-state index < -0.39 is 11.8 Å². The van der Waals surface area contributed by atoms with Crippen LogP contribution in [-0.2, 0) is 0 Å². The second kappa shape index (κ2) is 5.96. The molecule has 0 aliphatic heterocycles. The first-order valence-electron chi connectivity index (χ1n) is 6.17. The van der Waals surface area contributed by atoms with Crippen molar-refractivity contribution in [2.24, 2.45) is 0 Å². The molecule has 2 aromatic rings. The first kappa shape index (κ1) is 14.4. The van der Waals surface area contributed by atoms with E-state index in [1.807, 2.05) is 0 Å². The van der Waals surface area contributed by atoms with Gasteiger partial charge in [-0.05, 0) is 24.3 Å². The molecule has 0 atom stereocenters. The van der Waals surface area contributed by atoms with E-state index in [1.165, 1.54) is 37.4 Å². The molecule has 0 radical (unpaired) electrons. The fourth-order valence-corrected chi connectivity index (χ4v) is 1.80. The molecule has 0 bridgehead atoms. The third-order valence-electron chi connectivity index (χ3n) is 2.88. The highest BCUT2D eigenvalue weighted by molar-refractivity contribution is 6.06. The Morgan fingerprint density at radius 3 is 2.19 bits per heavy atom. The number of carbonyl (C=O) groups excluding carboxylic acids is 2. The zero-order chi connectivity index (χ0) is 15.4. The number of phenols is 2. The summed E-state index contributed by atoms with van der Waals surface area (Å²) in [5, 5.41) is 24.3. The van der Waals surface area contributed by atoms with Crippen molar-refractivity contribution in [3.05, 3.63) is 53.6 Å². The van der Waals surface area contributed by atoms with Crippen LogP contribution in [0.25, 0.3) is 0 Å². The normalized spacial score (nSPS) is 9.95. The van der Waals surface area contributed by atoms with Crippen LogP contribution in [0.3, 0.4) is 0 Å². The third kappa shape index (κ3) is 3.11. The fourth-order valence-electron chi connectivity index (χ4n) is 1.80. The second-order valence-corrected chi connectivity index (χ2v) is 4.28. The van der Waals surface area contributed by atoms with Crippen molar-refractivity contribution in [3.63, 3.8) is 0 Å². The number of amides is 2. The summed E-state index contributed by atoms with van der Waals surface area (Å²) in [5.74, 6) is -1.32. The topological polar surface area (TPSA) is 98.7 Å². The first-order chi connectivity index (χ1) is 10.0. The minimum Gasteiger partial charge on any atom is -0.507 e. The van der Waals surface area contributed by atoms with E-state index in [-0.39, 0.29) is 22.6 Å². The Morgan fingerprint density at radius 2 is 1.57 bits per heavy atom. The van der Waals surface area contributed by atoms with Gasteiger partial charge in [-0.3, -0.25) is 9.59 Å². The molecule has 2 amide bonds. The number of hydrogen-bond donors (Lipinski definition) is 4. The van der Waals surface area contributed by atoms with E-state index in [0.29, 0.717) is 5.69 Å². The predicted octanol–water partition coefficient (Wildman–Crippen LogP) is 1.71. The van der Waals surface area contributed by atoms with Crippen LogP contribution in [0.5, 0.6) is 11.5 Å². The molecular formula is C15H14N2O4. The highest BCUT2D eigenvalue weighted by Gasteiger charge is 2.13. The summed E-state index contributed by atoms with van der Waals surface area (Å²) in [6.45, 7) is 0. The van der Waals surface area contributed by atoms with Crippen LogP contribution in [0, 0.1) is 0 Å². The molecule has 21 heavy (non-hydrogen) atoms. The molecule has 2 rings (SSSR count). The number of hydrogen-bond acceptors (Lipinski definition) is 4. The summed E-state index contributed by atoms with van der Waals surface area (Å²) in [5.41, 5.74) is 0.541. The van der Waals surface area contributed by atoms with Gasteiger partial charge < -0.3 is 20.8 Å². The van der Waals surface area contributed by atoms with Crippen LogP contribution < -0.4 is 10.6 Å². The number of aromatic hydroxyl groups is 2. The van der Waals surface area contributed by atoms with E-state index in [1.54, 1.807) is 12.1 Å². The van der Waals surface area contributed by atoms with Gasteiger partial charge >= 0.3 is 0 Å². The van der Waals surface area contributed by atoms with Crippen molar-refractivity contribution in [1.82, 2.24) is 5.32 Å². The molecule has 0 aliphatic carbocycles. The Kier molecular flexibility index (Phi) is 4.08. The molecule has 2 aromatic carbocycles. The number of para-hydroxylation sites is 1. The van der Waals surface area contributed by atoms with Gasteiger partial charge in [-0.2, -0.15) is 0 Å². The van der Waals surface area contributed by atoms with Gasteiger partial charge in [0.15, 0.2) is 0 Å². The van der Waals surface area contributed by atoms with Crippen LogP contribution in [0.2, 0.25) is 0 Å². The van der Waals surface area contributed by atoms with Gasteiger partial charge in [0.2, 0.25) is 0 Å². The van der Waals surface area contributed by atoms with Gasteiger partial charge in [0.1, 0.15) is 11.5 Å². The number of phenolic OH excluding ortho intramolecular Hbond substituents is 2. The summed E-state index contributed by atoms with van der Waals surface area (Å²) in [4.78, 5) is 23.4. The van der Waals surface area contributed by atoms with Gasteiger partial charge in [0.25, 0.3) is 11.8 Å². The zero-order valence-electron chi connectivity index (χ0n) is 11.3. The predicted molar refractivity (Wildman–Crippen MR) is 77.6 cm³/mol. The van der Waals surface area contributed by atoms with Gasteiger partial charge in [-0.15, -0.1) is 0 Å². The lowest BCUT2D eigenvalue weighted by atomic mass is 10.1. The summed E-state index contributed by atoms with van der Waals surface area (Å²) in [6.07, 6.45) is 0. The molecule has 0 aliphatic rings. The quantitative estimate of drug-likeness (QED) is 0.690. The Balaban J connectivity index is 2.21. The number of nitrogens with one attached hydrogen (secondary N) is 2. The van der Waals surface area contributed by atoms with Crippen LogP contribution in [0.15, 0.2) is 42.5 Å². The van der Waals surface area contributed by atoms with Crippen LogP contribution in [0.4, 0.5) is 5.69 Å². The maximum absolute atomic E-state index is 12.0. The molecule has 0 unspecified atom stereocenters. The van der Waals surface area contributed by atoms with Crippen LogP contribution in [0.1, 0.15) is 20.7 Å². The van der Waals surface area contributed by atoms with Crippen molar-refractivity contribution >= 4 is 17.5 Å². The number of anilines is 1. The van der Waals surface area contributed by atoms with Crippen molar-refractivity contribution in [1.29, 1.82) is 0 Å². The minimum absolute atomic E-state index is 0.109. The highest BCUT2D eigenvalue weighted by Crippen LogP contribution is 2.23. The van der Waals surface area contributed by atoms with E-state index >= 15 is 0 Å². The van der Waals surface area contributed by atoms with Gasteiger partial charge in [-0.1, -0.05) is 12.1 Å². The van der Waals surface area contributed by atoms with E-state index in [0.717, 1.165) is 0 Å². The van der Waals surface area contributed by atoms with Crippen LogP contribution >= 0.6 is 0 Å². The summed E-state index contributed by atoms with van der Waals surface area (Å²) < 4.78 is 0. The van der Waals surface area contributed by atoms with Gasteiger partial charge in [0.05, 0.1) is 11.1 Å². The maximum Gasteiger partial charge on any atom is 0.259 e. The monoisotopic (exact) mass is 286 g/mol. The van der Waals surface area contributed by atoms with E-state index in [2.05, 4.69) is 10.6 Å². The lowest BCUT2D eigenvalue weighted by Crippen LogP contribution is -2.18. The first-order valence-corrected chi connectivity index (χ1v) is 6.17. The summed E-state index contributed by atoms with van der Waals surface area (Å²) in [7, 11) is 1.45. The van der Waals surface area contributed by atoms with Crippen molar-refractivity contribution in [2.75, 3.05) is 12.4 Å². The SMILES string of the molecule is CNC(=O)c1ccc(NC(=O)c2ccccc2O)cc1O. The minimum atomic E-state index is -0.514. The smallest absolute Gasteiger partial charge is 0.259 e. The number of benzene rings is 2. The van der Waals surface area contributed by atoms with Gasteiger partial charge in [-0.25, -0.2) is 0 Å². The summed E-state index contributed by atoms with van der Waals surface area (Å²) in [6, 6.07) is 10.3. The molecule has 0 heterocycles. The highest BCUT2D eigenvalue weighted by atomic mass is 16.3. The molecular weight excluding hydrogens is 272 g/mol. The van der Waals surface area contributed by atoms with Crippen molar-refractivity contribution in [2.45, 2.75) is 0 Å². The standard InChI is InChI=1S/C15H14N2O4/c1-16-14(20)11-7-6-9(8-13(11)19)17-15(21)10-4-2-3-5-12(10)18/h2-8,18-19H,1H3,(H,16,20)(H,17,21). The molecule has 0 spiro atoms. The molecule has 4 N–H and O–H groups in total. The largest absolute Gasteiger partial charge is 0.507 e. The fraction of sp³-hybridized carbons (Fsp3) is 0.0667. The molecule has 6 heteroatoms. The third-order valence-corrected chi connectivity index (χ3v) is 2.88. The molecule has 0 saturated carbocycles. The van der Waals surface area contributed by atoms with Crippen molar-refractivity contribution in [3.8, 4) is 11.5 Å². The Labute approximate surface area is 121 Å². The Bertz CT molecular complexity index is 698. The number of carbonyl (C=O) groups is 2. The Hall–Kier alpha value is -3.02. The summed E-state index contributed by atoms with van der Waals surface area (Å²) >= 11 is 0. The van der Waals surface area contributed by atoms with Crippen LogP contribution in [-0.4, -0.2) is 29.1 Å². The van der Waals surface area contributed by atoms with E-state index in [4.69, 9.17) is 0 Å². The zero-order valence-corrected chi connectivity index (χ0v) is 11.3.